The first-order chi connectivity index (χ1) is 8.15. The second kappa shape index (κ2) is 7.21. The van der Waals surface area contributed by atoms with Gasteiger partial charge in [0.25, 0.3) is 0 Å². The van der Waals surface area contributed by atoms with E-state index in [1.807, 2.05) is 0 Å². The van der Waals surface area contributed by atoms with Crippen LogP contribution in [0.25, 0.3) is 0 Å². The monoisotopic (exact) mass is 293 g/mol. The van der Waals surface area contributed by atoms with E-state index in [2.05, 4.69) is 17.6 Å². The highest BCUT2D eigenvalue weighted by atomic mass is 35.5. The third-order valence-electron chi connectivity index (χ3n) is 3.15. The summed E-state index contributed by atoms with van der Waals surface area (Å²) in [4.78, 5) is 24.8. The smallest absolute Gasteiger partial charge is 0.239 e. The molecule has 0 aliphatic carbocycles. The maximum atomic E-state index is 11.8. The minimum atomic E-state index is -0.0278. The predicted molar refractivity (Wildman–Crippen MR) is 74.9 cm³/mol. The first kappa shape index (κ1) is 15.6. The van der Waals surface area contributed by atoms with E-state index in [1.54, 1.807) is 16.7 Å². The van der Waals surface area contributed by atoms with Gasteiger partial charge in [0.15, 0.2) is 0 Å². The molecule has 2 saturated heterocycles. The number of amides is 2. The van der Waals surface area contributed by atoms with Crippen molar-refractivity contribution in [3.8, 4) is 0 Å². The zero-order valence-electron chi connectivity index (χ0n) is 10.5. The fourth-order valence-corrected chi connectivity index (χ4v) is 3.15. The van der Waals surface area contributed by atoms with Gasteiger partial charge in [-0.2, -0.15) is 0 Å². The number of carbonyl (C=O) groups excluding carboxylic acids is 2. The lowest BCUT2D eigenvalue weighted by Crippen LogP contribution is -2.49. The van der Waals surface area contributed by atoms with Crippen molar-refractivity contribution in [2.24, 2.45) is 0 Å². The molecule has 2 heterocycles. The molecule has 7 heteroatoms. The molecule has 0 spiro atoms. The molecule has 2 unspecified atom stereocenters. The number of carbonyl (C=O) groups is 2. The van der Waals surface area contributed by atoms with Crippen LogP contribution in [0.1, 0.15) is 19.8 Å². The third-order valence-corrected chi connectivity index (χ3v) is 4.09. The molecular formula is C11H20ClN3O2S. The number of thioether (sulfide) groups is 1. The number of hydrogen-bond donors (Lipinski definition) is 2. The Bertz CT molecular complexity index is 317. The predicted octanol–water partition coefficient (Wildman–Crippen LogP) is 0.198. The maximum Gasteiger partial charge on any atom is 0.239 e. The zero-order valence-corrected chi connectivity index (χ0v) is 12.1. The molecule has 0 aromatic rings. The van der Waals surface area contributed by atoms with Crippen LogP contribution in [0.3, 0.4) is 0 Å². The number of piperidine rings is 1. The lowest BCUT2D eigenvalue weighted by atomic mass is 10.0. The van der Waals surface area contributed by atoms with E-state index in [4.69, 9.17) is 0 Å². The summed E-state index contributed by atoms with van der Waals surface area (Å²) in [6.07, 6.45) is 1.94. The van der Waals surface area contributed by atoms with E-state index in [1.165, 1.54) is 0 Å². The van der Waals surface area contributed by atoms with Crippen LogP contribution in [-0.4, -0.2) is 53.5 Å². The minimum absolute atomic E-state index is 0. The summed E-state index contributed by atoms with van der Waals surface area (Å²) in [5.74, 6) is 1.20. The van der Waals surface area contributed by atoms with Gasteiger partial charge in [-0.3, -0.25) is 9.59 Å². The molecule has 104 valence electrons. The van der Waals surface area contributed by atoms with Crippen molar-refractivity contribution in [1.29, 1.82) is 0 Å². The Morgan fingerprint density at radius 3 is 3.00 bits per heavy atom. The number of hydrogen-bond acceptors (Lipinski definition) is 4. The third kappa shape index (κ3) is 4.33. The molecule has 0 aromatic carbocycles. The molecule has 0 radical (unpaired) electrons. The highest BCUT2D eigenvalue weighted by Gasteiger charge is 2.25. The van der Waals surface area contributed by atoms with Gasteiger partial charge < -0.3 is 15.5 Å². The van der Waals surface area contributed by atoms with Crippen molar-refractivity contribution >= 4 is 36.0 Å². The Balaban J connectivity index is 0.00000162. The number of nitrogens with one attached hydrogen (secondary N) is 2. The summed E-state index contributed by atoms with van der Waals surface area (Å²) in [7, 11) is 0. The highest BCUT2D eigenvalue weighted by Crippen LogP contribution is 2.14. The Morgan fingerprint density at radius 2 is 2.39 bits per heavy atom. The van der Waals surface area contributed by atoms with E-state index in [0.717, 1.165) is 19.4 Å². The first-order valence-electron chi connectivity index (χ1n) is 6.03. The summed E-state index contributed by atoms with van der Waals surface area (Å²) < 4.78 is 0. The molecule has 2 fully saturated rings. The molecule has 18 heavy (non-hydrogen) atoms. The molecule has 2 rings (SSSR count). The van der Waals surface area contributed by atoms with E-state index in [9.17, 15) is 9.59 Å². The van der Waals surface area contributed by atoms with Crippen LogP contribution >= 0.6 is 24.2 Å². The highest BCUT2D eigenvalue weighted by molar-refractivity contribution is 8.00. The summed E-state index contributed by atoms with van der Waals surface area (Å²) in [6.45, 7) is 3.29. The lowest BCUT2D eigenvalue weighted by molar-refractivity contribution is -0.132. The van der Waals surface area contributed by atoms with Crippen molar-refractivity contribution < 1.29 is 9.59 Å². The van der Waals surface area contributed by atoms with Crippen LogP contribution in [0.5, 0.6) is 0 Å². The summed E-state index contributed by atoms with van der Waals surface area (Å²) in [5.41, 5.74) is 0. The van der Waals surface area contributed by atoms with Crippen molar-refractivity contribution in [3.63, 3.8) is 0 Å². The molecule has 0 bridgehead atoms. The van der Waals surface area contributed by atoms with Crippen molar-refractivity contribution in [1.82, 2.24) is 15.5 Å². The molecule has 2 aliphatic rings. The molecular weight excluding hydrogens is 274 g/mol. The molecule has 0 aromatic heterocycles. The number of halogens is 1. The fourth-order valence-electron chi connectivity index (χ4n) is 2.25. The van der Waals surface area contributed by atoms with E-state index in [0.29, 0.717) is 17.7 Å². The first-order valence-corrected chi connectivity index (χ1v) is 7.19. The second-order valence-electron chi connectivity index (χ2n) is 4.71. The van der Waals surface area contributed by atoms with Gasteiger partial charge in [0.2, 0.25) is 11.8 Å². The van der Waals surface area contributed by atoms with Gasteiger partial charge in [-0.05, 0) is 26.3 Å². The van der Waals surface area contributed by atoms with Gasteiger partial charge in [0, 0.05) is 12.1 Å². The van der Waals surface area contributed by atoms with Crippen LogP contribution in [-0.2, 0) is 9.59 Å². The second-order valence-corrected chi connectivity index (χ2v) is 5.67. The standard InChI is InChI=1S/C11H19N3O2S.ClH/c1-8-4-9(2-3-12-8)13-10(15)5-14-7-17-6-11(14)16;/h8-9,12H,2-7H2,1H3,(H,13,15);1H. The maximum absolute atomic E-state index is 11.8. The van der Waals surface area contributed by atoms with Crippen LogP contribution in [0.4, 0.5) is 0 Å². The average molecular weight is 294 g/mol. The number of nitrogens with zero attached hydrogens (tertiary/aromatic N) is 1. The normalized spacial score (nSPS) is 27.8. The van der Waals surface area contributed by atoms with Gasteiger partial charge in [0.05, 0.1) is 11.6 Å². The summed E-state index contributed by atoms with van der Waals surface area (Å²) in [5, 5.41) is 6.36. The van der Waals surface area contributed by atoms with Crippen molar-refractivity contribution in [2.75, 3.05) is 24.7 Å². The van der Waals surface area contributed by atoms with Gasteiger partial charge in [-0.15, -0.1) is 24.2 Å². The molecule has 2 atom stereocenters. The van der Waals surface area contributed by atoms with Gasteiger partial charge in [-0.1, -0.05) is 0 Å². The summed E-state index contributed by atoms with van der Waals surface area (Å²) in [6, 6.07) is 0.710. The van der Waals surface area contributed by atoms with Gasteiger partial charge in [0.1, 0.15) is 6.54 Å². The Labute approximate surface area is 118 Å². The Morgan fingerprint density at radius 1 is 1.61 bits per heavy atom. The van der Waals surface area contributed by atoms with E-state index in [-0.39, 0.29) is 36.8 Å². The largest absolute Gasteiger partial charge is 0.352 e. The molecule has 2 N–H and O–H groups in total. The fraction of sp³-hybridized carbons (Fsp3) is 0.818. The molecule has 2 amide bonds. The quantitative estimate of drug-likeness (QED) is 0.780. The lowest BCUT2D eigenvalue weighted by Gasteiger charge is -2.29. The SMILES string of the molecule is CC1CC(NC(=O)CN2CSCC2=O)CCN1.Cl. The van der Waals surface area contributed by atoms with Gasteiger partial charge >= 0.3 is 0 Å². The van der Waals surface area contributed by atoms with E-state index >= 15 is 0 Å². The van der Waals surface area contributed by atoms with Crippen LogP contribution in [0.15, 0.2) is 0 Å². The van der Waals surface area contributed by atoms with E-state index < -0.39 is 0 Å². The topological polar surface area (TPSA) is 61.4 Å². The molecule has 5 nitrogen and oxygen atoms in total. The zero-order chi connectivity index (χ0) is 12.3. The van der Waals surface area contributed by atoms with Crippen LogP contribution in [0.2, 0.25) is 0 Å². The van der Waals surface area contributed by atoms with Gasteiger partial charge in [-0.25, -0.2) is 0 Å². The molecule has 0 saturated carbocycles. The minimum Gasteiger partial charge on any atom is -0.352 e. The summed E-state index contributed by atoms with van der Waals surface area (Å²) >= 11 is 1.57. The average Bonchev–Trinajstić information content (AvgIpc) is 2.64. The van der Waals surface area contributed by atoms with Crippen LogP contribution in [0, 0.1) is 0 Å². The van der Waals surface area contributed by atoms with Crippen molar-refractivity contribution in [3.05, 3.63) is 0 Å². The van der Waals surface area contributed by atoms with Crippen LogP contribution < -0.4 is 10.6 Å². The van der Waals surface area contributed by atoms with Crippen molar-refractivity contribution in [2.45, 2.75) is 31.8 Å². The molecule has 2 aliphatic heterocycles. The Kier molecular flexibility index (Phi) is 6.25. The number of rotatable bonds is 3. The Hall–Kier alpha value is -0.460.